The number of allylic oxidation sites excluding steroid dienone is 4. The third kappa shape index (κ3) is 10.1. The molecule has 2 amide bonds. The normalized spacial score (nSPS) is 15.2. The molecule has 0 aromatic heterocycles. The highest BCUT2D eigenvalue weighted by Gasteiger charge is 2.37. The fourth-order valence-corrected chi connectivity index (χ4v) is 7.38. The number of rotatable bonds is 17. The Morgan fingerprint density at radius 2 is 1.71 bits per heavy atom. The average molecular weight is 687 g/mol. The third-order valence-corrected chi connectivity index (χ3v) is 10.4. The van der Waals surface area contributed by atoms with Crippen LogP contribution < -0.4 is 16.4 Å². The summed E-state index contributed by atoms with van der Waals surface area (Å²) in [6, 6.07) is 20.8. The number of benzene rings is 3. The Balaban J connectivity index is 1.60. The molecule has 0 heterocycles. The van der Waals surface area contributed by atoms with Gasteiger partial charge in [0.2, 0.25) is 15.9 Å². The molecule has 0 aliphatic heterocycles. The van der Waals surface area contributed by atoms with Crippen LogP contribution in [0.15, 0.2) is 120 Å². The first-order chi connectivity index (χ1) is 23.6. The Kier molecular flexibility index (Phi) is 13.3. The molecule has 260 valence electrons. The summed E-state index contributed by atoms with van der Waals surface area (Å²) < 4.78 is 33.9. The van der Waals surface area contributed by atoms with Gasteiger partial charge in [0, 0.05) is 29.9 Å². The number of nitrogen functional groups attached to an aromatic ring is 1. The molecule has 0 spiro atoms. The molecule has 0 radical (unpaired) electrons. The number of para-hydroxylation sites is 1. The number of nitrogens with one attached hydrogen (secondary N) is 2. The Morgan fingerprint density at radius 1 is 1.04 bits per heavy atom. The lowest BCUT2D eigenvalue weighted by molar-refractivity contribution is -0.118. The average Bonchev–Trinajstić information content (AvgIpc) is 3.93. The Morgan fingerprint density at radius 3 is 2.35 bits per heavy atom. The summed E-state index contributed by atoms with van der Waals surface area (Å²) in [7, 11) is -2.69. The molecule has 0 bridgehead atoms. The van der Waals surface area contributed by atoms with Gasteiger partial charge in [-0.2, -0.15) is 4.31 Å². The van der Waals surface area contributed by atoms with Gasteiger partial charge in [-0.15, -0.1) is 0 Å². The minimum atomic E-state index is -3.92. The zero-order chi connectivity index (χ0) is 35.4. The maximum Gasteiger partial charge on any atom is 0.407 e. The van der Waals surface area contributed by atoms with E-state index in [0.717, 1.165) is 24.0 Å². The Hall–Kier alpha value is -4.71. The van der Waals surface area contributed by atoms with Crippen LogP contribution in [0.25, 0.3) is 0 Å². The summed E-state index contributed by atoms with van der Waals surface area (Å²) in [6.07, 6.45) is 9.08. The van der Waals surface area contributed by atoms with Crippen molar-refractivity contribution in [2.45, 2.75) is 55.5 Å². The van der Waals surface area contributed by atoms with Crippen molar-refractivity contribution in [1.82, 2.24) is 9.62 Å². The van der Waals surface area contributed by atoms with Gasteiger partial charge >= 0.3 is 6.09 Å². The van der Waals surface area contributed by atoms with Crippen LogP contribution in [0.3, 0.4) is 0 Å². The van der Waals surface area contributed by atoms with E-state index in [1.165, 1.54) is 23.5 Å². The number of hydrogen-bond acceptors (Lipinski definition) is 7. The molecule has 49 heavy (non-hydrogen) atoms. The molecular weight excluding hydrogens is 641 g/mol. The van der Waals surface area contributed by atoms with Crippen LogP contribution in [0.1, 0.15) is 43.2 Å². The molecule has 1 unspecified atom stereocenters. The van der Waals surface area contributed by atoms with Crippen molar-refractivity contribution in [1.29, 1.82) is 0 Å². The van der Waals surface area contributed by atoms with Gasteiger partial charge in [-0.3, -0.25) is 4.79 Å². The second kappa shape index (κ2) is 17.6. The summed E-state index contributed by atoms with van der Waals surface area (Å²) in [5, 5.41) is 16.2. The highest BCUT2D eigenvalue weighted by atomic mass is 32.2. The molecule has 1 aliphatic rings. The number of ether oxygens (including phenoxy) is 1. The number of anilines is 2. The van der Waals surface area contributed by atoms with Crippen LogP contribution in [0.5, 0.6) is 0 Å². The van der Waals surface area contributed by atoms with Crippen molar-refractivity contribution in [2.75, 3.05) is 31.3 Å². The van der Waals surface area contributed by atoms with Crippen molar-refractivity contribution in [3.05, 3.63) is 126 Å². The molecule has 1 fully saturated rings. The summed E-state index contributed by atoms with van der Waals surface area (Å²) in [4.78, 5) is 26.8. The van der Waals surface area contributed by atoms with E-state index < -0.39 is 40.0 Å². The first kappa shape index (κ1) is 37.1. The maximum atomic E-state index is 14.1. The van der Waals surface area contributed by atoms with Crippen LogP contribution in [0.4, 0.5) is 16.2 Å². The lowest BCUT2D eigenvalue weighted by Crippen LogP contribution is -2.48. The standard InChI is InChI=1S/C38H46N4O6S/c1-4-5-7-12-27(2)35(30-14-8-6-9-15-30)36(41-38(45)48-3)37(44)40-34-16-11-10-13-29(34)19-22-32(26-43)42(25-28-17-18-28)49(46,47)33-23-20-31(39)21-24-33/h4-16,20-21,23-24,28,32,35-36,43H,2,17-19,22,25-26,39H2,1,3H3,(H,40,44)(H,41,45)/b5-4-,12-7-/t32-,35?,36-/m0/s1. The molecule has 4 rings (SSSR count). The van der Waals surface area contributed by atoms with Gasteiger partial charge in [-0.05, 0) is 85.6 Å². The first-order valence-electron chi connectivity index (χ1n) is 16.3. The number of aryl methyl sites for hydroxylation is 1. The molecule has 0 saturated heterocycles. The number of nitrogens with zero attached hydrogens (tertiary/aromatic N) is 1. The first-order valence-corrected chi connectivity index (χ1v) is 17.8. The smallest absolute Gasteiger partial charge is 0.407 e. The van der Waals surface area contributed by atoms with E-state index in [-0.39, 0.29) is 17.4 Å². The highest BCUT2D eigenvalue weighted by molar-refractivity contribution is 7.89. The number of carbonyl (C=O) groups excluding carboxylic acids is 2. The number of methoxy groups -OCH3 is 1. The SMILES string of the molecule is C=C(/C=C\C=C/C)C(c1ccccc1)[C@H](NC(=O)OC)C(=O)Nc1ccccc1CC[C@@H](CO)N(CC1CC1)S(=O)(=O)c1ccc(N)cc1. The highest BCUT2D eigenvalue weighted by Crippen LogP contribution is 2.34. The van der Waals surface area contributed by atoms with Crippen LogP contribution in [-0.2, 0) is 26.0 Å². The summed E-state index contributed by atoms with van der Waals surface area (Å²) in [6.45, 7) is 6.06. The zero-order valence-electron chi connectivity index (χ0n) is 28.0. The fourth-order valence-electron chi connectivity index (χ4n) is 5.65. The van der Waals surface area contributed by atoms with E-state index in [9.17, 15) is 23.1 Å². The number of nitrogens with two attached hydrogens (primary N) is 1. The molecule has 11 heteroatoms. The quantitative estimate of drug-likeness (QED) is 0.104. The van der Waals surface area contributed by atoms with Gasteiger partial charge < -0.3 is 26.2 Å². The summed E-state index contributed by atoms with van der Waals surface area (Å²) >= 11 is 0. The van der Waals surface area contributed by atoms with E-state index in [2.05, 4.69) is 17.2 Å². The van der Waals surface area contributed by atoms with Crippen molar-refractivity contribution >= 4 is 33.4 Å². The largest absolute Gasteiger partial charge is 0.453 e. The zero-order valence-corrected chi connectivity index (χ0v) is 28.8. The van der Waals surface area contributed by atoms with Gasteiger partial charge in [-0.25, -0.2) is 13.2 Å². The Labute approximate surface area is 289 Å². The summed E-state index contributed by atoms with van der Waals surface area (Å²) in [5.74, 6) is -0.891. The van der Waals surface area contributed by atoms with Crippen LogP contribution in [0, 0.1) is 5.92 Å². The predicted molar refractivity (Wildman–Crippen MR) is 193 cm³/mol. The fraction of sp³-hybridized carbons (Fsp3) is 0.316. The second-order valence-corrected chi connectivity index (χ2v) is 14.0. The number of sulfonamides is 1. The van der Waals surface area contributed by atoms with Gasteiger partial charge in [0.05, 0.1) is 18.6 Å². The molecular formula is C38H46N4O6S. The number of aliphatic hydroxyl groups excluding tert-OH is 1. The number of alkyl carbamates (subject to hydrolysis) is 1. The minimum absolute atomic E-state index is 0.118. The molecule has 3 aromatic rings. The van der Waals surface area contributed by atoms with Crippen LogP contribution >= 0.6 is 0 Å². The van der Waals surface area contributed by atoms with Crippen molar-refractivity contribution in [2.24, 2.45) is 5.92 Å². The molecule has 10 nitrogen and oxygen atoms in total. The van der Waals surface area contributed by atoms with E-state index in [1.54, 1.807) is 30.3 Å². The molecule has 3 atom stereocenters. The van der Waals surface area contributed by atoms with Crippen LogP contribution in [0.2, 0.25) is 0 Å². The maximum absolute atomic E-state index is 14.1. The number of aliphatic hydroxyl groups is 1. The number of amides is 2. The van der Waals surface area contributed by atoms with Gasteiger partial charge in [0.25, 0.3) is 0 Å². The van der Waals surface area contributed by atoms with E-state index >= 15 is 0 Å². The third-order valence-electron chi connectivity index (χ3n) is 8.51. The van der Waals surface area contributed by atoms with E-state index in [1.807, 2.05) is 67.6 Å². The summed E-state index contributed by atoms with van der Waals surface area (Å²) in [5.41, 5.74) is 8.86. The number of hydrogen-bond donors (Lipinski definition) is 4. The molecule has 1 saturated carbocycles. The minimum Gasteiger partial charge on any atom is -0.453 e. The monoisotopic (exact) mass is 686 g/mol. The predicted octanol–water partition coefficient (Wildman–Crippen LogP) is 5.80. The van der Waals surface area contributed by atoms with E-state index in [4.69, 9.17) is 10.5 Å². The van der Waals surface area contributed by atoms with Gasteiger partial charge in [0.1, 0.15) is 6.04 Å². The van der Waals surface area contributed by atoms with Gasteiger partial charge in [0.15, 0.2) is 0 Å². The van der Waals surface area contributed by atoms with Crippen molar-refractivity contribution in [3.8, 4) is 0 Å². The van der Waals surface area contributed by atoms with Crippen LogP contribution in [-0.4, -0.2) is 62.2 Å². The van der Waals surface area contributed by atoms with Crippen molar-refractivity contribution < 1.29 is 27.9 Å². The second-order valence-electron chi connectivity index (χ2n) is 12.1. The molecule has 1 aliphatic carbocycles. The molecule has 3 aromatic carbocycles. The lowest BCUT2D eigenvalue weighted by atomic mass is 9.84. The molecule has 5 N–H and O–H groups in total. The lowest BCUT2D eigenvalue weighted by Gasteiger charge is -2.30. The number of carbonyl (C=O) groups is 2. The van der Waals surface area contributed by atoms with Gasteiger partial charge in [-0.1, -0.05) is 79.4 Å². The topological polar surface area (TPSA) is 151 Å². The van der Waals surface area contributed by atoms with E-state index in [0.29, 0.717) is 36.3 Å². The van der Waals surface area contributed by atoms with Crippen molar-refractivity contribution in [3.63, 3.8) is 0 Å². The Bertz CT molecular complexity index is 1740.